The van der Waals surface area contributed by atoms with Gasteiger partial charge in [0.25, 0.3) is 0 Å². The summed E-state index contributed by atoms with van der Waals surface area (Å²) in [5.74, 6) is 0. The molecule has 1 aliphatic rings. The number of carbonyl (C=O) groups is 1. The van der Waals surface area contributed by atoms with Crippen LogP contribution in [0.3, 0.4) is 0 Å². The Bertz CT molecular complexity index is 691. The minimum Gasteiger partial charge on any atom is -0.336 e. The first kappa shape index (κ1) is 19.1. The Morgan fingerprint density at radius 3 is 2.75 bits per heavy atom. The third kappa shape index (κ3) is 4.22. The van der Waals surface area contributed by atoms with E-state index in [1.54, 1.807) is 11.3 Å². The van der Waals surface area contributed by atoms with Gasteiger partial charge in [0.05, 0.1) is 6.04 Å². The number of nitrogens with zero attached hydrogens (tertiary/aromatic N) is 2. The number of hydrogen-bond donors (Lipinski definition) is 1. The van der Waals surface area contributed by atoms with Crippen molar-refractivity contribution in [3.8, 4) is 0 Å². The van der Waals surface area contributed by atoms with E-state index in [0.717, 1.165) is 10.6 Å². The summed E-state index contributed by atoms with van der Waals surface area (Å²) in [7, 11) is 4.06. The van der Waals surface area contributed by atoms with Crippen LogP contribution in [0.4, 0.5) is 4.79 Å². The first-order chi connectivity index (χ1) is 11.0. The summed E-state index contributed by atoms with van der Waals surface area (Å²) >= 11 is 7.70. The second kappa shape index (κ2) is 8.21. The number of benzene rings is 1. The Labute approximate surface area is 157 Å². The third-order valence-corrected chi connectivity index (χ3v) is 5.11. The first-order valence-corrected chi connectivity index (χ1v) is 8.85. The summed E-state index contributed by atoms with van der Waals surface area (Å²) in [6, 6.07) is 8.08. The maximum atomic E-state index is 12.5. The quantitative estimate of drug-likeness (QED) is 0.857. The van der Waals surface area contributed by atoms with E-state index >= 15 is 0 Å². The molecule has 0 bridgehead atoms. The molecule has 2 heterocycles. The molecule has 1 aromatic heterocycles. The highest BCUT2D eigenvalue weighted by Crippen LogP contribution is 2.26. The maximum Gasteiger partial charge on any atom is 0.318 e. The molecule has 1 aliphatic heterocycles. The molecule has 130 valence electrons. The summed E-state index contributed by atoms with van der Waals surface area (Å²) in [5, 5.41) is 7.97. The van der Waals surface area contributed by atoms with Crippen LogP contribution in [0, 0.1) is 0 Å². The summed E-state index contributed by atoms with van der Waals surface area (Å²) in [6.45, 7) is 1.85. The first-order valence-electron chi connectivity index (χ1n) is 7.53. The molecule has 0 radical (unpaired) electrons. The zero-order chi connectivity index (χ0) is 16.4. The SMILES string of the molecule is CN(C)C(CNC(=O)N1Cc2ccc(Cl)cc2C1)c1ccsc1.Cl. The van der Waals surface area contributed by atoms with Crippen molar-refractivity contribution in [2.45, 2.75) is 19.1 Å². The van der Waals surface area contributed by atoms with E-state index < -0.39 is 0 Å². The van der Waals surface area contributed by atoms with Crippen LogP contribution in [0.5, 0.6) is 0 Å². The van der Waals surface area contributed by atoms with Crippen molar-refractivity contribution in [2.75, 3.05) is 20.6 Å². The van der Waals surface area contributed by atoms with Gasteiger partial charge in [-0.1, -0.05) is 17.7 Å². The van der Waals surface area contributed by atoms with Crippen LogP contribution in [-0.2, 0) is 13.1 Å². The number of fused-ring (bicyclic) bond motifs is 1. The van der Waals surface area contributed by atoms with Crippen molar-refractivity contribution in [3.63, 3.8) is 0 Å². The van der Waals surface area contributed by atoms with Gasteiger partial charge in [0.15, 0.2) is 0 Å². The van der Waals surface area contributed by atoms with Crippen molar-refractivity contribution in [1.29, 1.82) is 0 Å². The van der Waals surface area contributed by atoms with E-state index in [1.807, 2.05) is 37.2 Å². The molecule has 24 heavy (non-hydrogen) atoms. The highest BCUT2D eigenvalue weighted by atomic mass is 35.5. The molecular formula is C17H21Cl2N3OS. The molecule has 0 fully saturated rings. The van der Waals surface area contributed by atoms with E-state index in [9.17, 15) is 4.79 Å². The molecule has 3 rings (SSSR count). The molecule has 0 aliphatic carbocycles. The summed E-state index contributed by atoms with van der Waals surface area (Å²) in [5.41, 5.74) is 3.54. The van der Waals surface area contributed by atoms with Gasteiger partial charge >= 0.3 is 6.03 Å². The van der Waals surface area contributed by atoms with Gasteiger partial charge in [-0.3, -0.25) is 0 Å². The summed E-state index contributed by atoms with van der Waals surface area (Å²) in [4.78, 5) is 16.4. The van der Waals surface area contributed by atoms with Crippen LogP contribution in [-0.4, -0.2) is 36.5 Å². The molecule has 0 saturated carbocycles. The van der Waals surface area contributed by atoms with Crippen molar-refractivity contribution >= 4 is 41.4 Å². The van der Waals surface area contributed by atoms with Gasteiger partial charge in [-0.2, -0.15) is 11.3 Å². The third-order valence-electron chi connectivity index (χ3n) is 4.18. The van der Waals surface area contributed by atoms with Crippen molar-refractivity contribution in [1.82, 2.24) is 15.1 Å². The van der Waals surface area contributed by atoms with E-state index in [-0.39, 0.29) is 24.5 Å². The number of hydrogen-bond acceptors (Lipinski definition) is 3. The van der Waals surface area contributed by atoms with E-state index in [0.29, 0.717) is 19.6 Å². The smallest absolute Gasteiger partial charge is 0.318 e. The highest BCUT2D eigenvalue weighted by molar-refractivity contribution is 7.07. The molecule has 2 amide bonds. The lowest BCUT2D eigenvalue weighted by Crippen LogP contribution is -2.40. The monoisotopic (exact) mass is 385 g/mol. The van der Waals surface area contributed by atoms with E-state index in [4.69, 9.17) is 11.6 Å². The minimum atomic E-state index is -0.0283. The molecule has 2 aromatic rings. The van der Waals surface area contributed by atoms with Gasteiger partial charge in [0, 0.05) is 24.7 Å². The van der Waals surface area contributed by atoms with E-state index in [2.05, 4.69) is 27.0 Å². The van der Waals surface area contributed by atoms with Crippen molar-refractivity contribution in [3.05, 3.63) is 56.7 Å². The molecular weight excluding hydrogens is 365 g/mol. The standard InChI is InChI=1S/C17H20ClN3OS.ClH/c1-20(2)16(13-5-6-23-11-13)8-19-17(22)21-9-12-3-4-15(18)7-14(12)10-21;/h3-7,11,16H,8-10H2,1-2H3,(H,19,22);1H. The van der Waals surface area contributed by atoms with Crippen LogP contribution in [0.1, 0.15) is 22.7 Å². The number of thiophene rings is 1. The van der Waals surface area contributed by atoms with Gasteiger partial charge in [-0.25, -0.2) is 4.79 Å². The summed E-state index contributed by atoms with van der Waals surface area (Å²) < 4.78 is 0. The zero-order valence-corrected chi connectivity index (χ0v) is 16.0. The predicted molar refractivity (Wildman–Crippen MR) is 102 cm³/mol. The fraction of sp³-hybridized carbons (Fsp3) is 0.353. The molecule has 4 nitrogen and oxygen atoms in total. The van der Waals surface area contributed by atoms with Gasteiger partial charge in [0.2, 0.25) is 0 Å². The van der Waals surface area contributed by atoms with Crippen LogP contribution < -0.4 is 5.32 Å². The Hall–Kier alpha value is -1.27. The van der Waals surface area contributed by atoms with Gasteiger partial charge < -0.3 is 15.1 Å². The molecule has 1 N–H and O–H groups in total. The van der Waals surface area contributed by atoms with E-state index in [1.165, 1.54) is 11.1 Å². The molecule has 1 atom stereocenters. The van der Waals surface area contributed by atoms with Gasteiger partial charge in [-0.15, -0.1) is 12.4 Å². The Morgan fingerprint density at radius 1 is 1.33 bits per heavy atom. The zero-order valence-electron chi connectivity index (χ0n) is 13.7. The maximum absolute atomic E-state index is 12.5. The number of amides is 2. The number of urea groups is 1. The lowest BCUT2D eigenvalue weighted by molar-refractivity contribution is 0.193. The fourth-order valence-electron chi connectivity index (χ4n) is 2.87. The summed E-state index contributed by atoms with van der Waals surface area (Å²) in [6.07, 6.45) is 0. The topological polar surface area (TPSA) is 35.6 Å². The average molecular weight is 386 g/mol. The molecule has 0 saturated heterocycles. The Morgan fingerprint density at radius 2 is 2.08 bits per heavy atom. The van der Waals surface area contributed by atoms with Gasteiger partial charge in [0.1, 0.15) is 0 Å². The number of carbonyl (C=O) groups excluding carboxylic acids is 1. The molecule has 0 spiro atoms. The fourth-order valence-corrected chi connectivity index (χ4v) is 3.77. The highest BCUT2D eigenvalue weighted by Gasteiger charge is 2.24. The van der Waals surface area contributed by atoms with Crippen molar-refractivity contribution < 1.29 is 4.79 Å². The molecule has 1 aromatic carbocycles. The number of likely N-dealkylation sites (N-methyl/N-ethyl adjacent to an activating group) is 1. The molecule has 1 unspecified atom stereocenters. The Balaban J connectivity index is 0.00000208. The number of rotatable bonds is 4. The normalized spacial score (nSPS) is 14.2. The van der Waals surface area contributed by atoms with Crippen LogP contribution in [0.2, 0.25) is 5.02 Å². The number of halogens is 2. The van der Waals surface area contributed by atoms with Crippen LogP contribution >= 0.6 is 35.3 Å². The lowest BCUT2D eigenvalue weighted by atomic mass is 10.1. The second-order valence-corrected chi connectivity index (χ2v) is 7.21. The Kier molecular flexibility index (Phi) is 6.52. The minimum absolute atomic E-state index is 0. The molecule has 7 heteroatoms. The lowest BCUT2D eigenvalue weighted by Gasteiger charge is -2.25. The largest absolute Gasteiger partial charge is 0.336 e. The van der Waals surface area contributed by atoms with Crippen molar-refractivity contribution in [2.24, 2.45) is 0 Å². The predicted octanol–water partition coefficient (Wildman–Crippen LogP) is 4.15. The average Bonchev–Trinajstić information content (AvgIpc) is 3.15. The van der Waals surface area contributed by atoms with Crippen LogP contribution in [0.25, 0.3) is 0 Å². The second-order valence-electron chi connectivity index (χ2n) is 5.99. The van der Waals surface area contributed by atoms with Crippen LogP contribution in [0.15, 0.2) is 35.0 Å². The number of nitrogens with one attached hydrogen (secondary N) is 1. The van der Waals surface area contributed by atoms with Gasteiger partial charge in [-0.05, 0) is 59.7 Å².